The van der Waals surface area contributed by atoms with E-state index in [1.54, 1.807) is 7.11 Å². The maximum absolute atomic E-state index is 5.64. The molecule has 0 saturated heterocycles. The van der Waals surface area contributed by atoms with Gasteiger partial charge >= 0.3 is 0 Å². The van der Waals surface area contributed by atoms with Crippen molar-refractivity contribution in [3.05, 3.63) is 83.7 Å². The number of hydrogen-bond donors (Lipinski definition) is 0. The second-order valence-electron chi connectivity index (χ2n) is 7.21. The molecule has 0 amide bonds. The highest BCUT2D eigenvalue weighted by Crippen LogP contribution is 2.34. The van der Waals surface area contributed by atoms with Crippen LogP contribution in [0.5, 0.6) is 11.5 Å². The van der Waals surface area contributed by atoms with Crippen LogP contribution < -0.4 is 9.47 Å². The molecule has 4 rings (SSSR count). The minimum atomic E-state index is 0.222. The smallest absolute Gasteiger partial charge is 0.119 e. The molecule has 4 nitrogen and oxygen atoms in total. The molecule has 1 aromatic heterocycles. The minimum absolute atomic E-state index is 0.222. The summed E-state index contributed by atoms with van der Waals surface area (Å²) in [5.74, 6) is 1.84. The molecule has 0 saturated carbocycles. The third-order valence-corrected chi connectivity index (χ3v) is 5.38. The Hall–Kier alpha value is -2.72. The Labute approximate surface area is 167 Å². The zero-order valence-corrected chi connectivity index (χ0v) is 16.7. The number of aromatic nitrogens is 1. The van der Waals surface area contributed by atoms with Crippen molar-refractivity contribution < 1.29 is 9.47 Å². The van der Waals surface area contributed by atoms with Crippen molar-refractivity contribution in [2.45, 2.75) is 32.5 Å². The first-order chi connectivity index (χ1) is 13.8. The predicted molar refractivity (Wildman–Crippen MR) is 112 cm³/mol. The number of ether oxygens (including phenoxy) is 2. The zero-order chi connectivity index (χ0) is 19.3. The number of methoxy groups -OCH3 is 1. The van der Waals surface area contributed by atoms with E-state index >= 15 is 0 Å². The number of fused-ring (bicyclic) bond motifs is 1. The lowest BCUT2D eigenvalue weighted by atomic mass is 10.0. The summed E-state index contributed by atoms with van der Waals surface area (Å²) in [6.45, 7) is 5.71. The van der Waals surface area contributed by atoms with Gasteiger partial charge in [-0.15, -0.1) is 0 Å². The van der Waals surface area contributed by atoms with Gasteiger partial charge in [0.25, 0.3) is 0 Å². The third-order valence-electron chi connectivity index (χ3n) is 5.38. The van der Waals surface area contributed by atoms with Crippen LogP contribution in [-0.2, 0) is 13.1 Å². The van der Waals surface area contributed by atoms with Crippen LogP contribution in [0.15, 0.2) is 66.9 Å². The van der Waals surface area contributed by atoms with Gasteiger partial charge in [-0.05, 0) is 60.9 Å². The van der Waals surface area contributed by atoms with Crippen LogP contribution in [0.4, 0.5) is 0 Å². The number of hydrogen-bond acceptors (Lipinski definition) is 3. The standard InChI is InChI=1S/C24H28N2O2/c1-3-28-21-12-10-20(11-13-21)24-23-9-5-14-25(23)15-6-16-26(24)18-19-7-4-8-22(17-19)27-2/h4-5,7-14,17,24H,3,6,15-16,18H2,1-2H3. The van der Waals surface area contributed by atoms with E-state index in [4.69, 9.17) is 9.47 Å². The number of benzene rings is 2. The van der Waals surface area contributed by atoms with Crippen LogP contribution in [0.2, 0.25) is 0 Å². The van der Waals surface area contributed by atoms with Crippen molar-refractivity contribution in [1.29, 1.82) is 0 Å². The molecule has 0 fully saturated rings. The van der Waals surface area contributed by atoms with E-state index in [1.165, 1.54) is 16.8 Å². The van der Waals surface area contributed by atoms with Crippen molar-refractivity contribution in [2.24, 2.45) is 0 Å². The van der Waals surface area contributed by atoms with Crippen LogP contribution in [0, 0.1) is 0 Å². The summed E-state index contributed by atoms with van der Waals surface area (Å²) in [6.07, 6.45) is 3.34. The summed E-state index contributed by atoms with van der Waals surface area (Å²) in [6, 6.07) is 21.6. The molecule has 1 unspecified atom stereocenters. The van der Waals surface area contributed by atoms with E-state index in [9.17, 15) is 0 Å². The van der Waals surface area contributed by atoms with Crippen molar-refractivity contribution in [2.75, 3.05) is 20.3 Å². The van der Waals surface area contributed by atoms with Crippen LogP contribution in [-0.4, -0.2) is 29.7 Å². The van der Waals surface area contributed by atoms with Crippen molar-refractivity contribution in [3.63, 3.8) is 0 Å². The van der Waals surface area contributed by atoms with Gasteiger partial charge in [0.2, 0.25) is 0 Å². The predicted octanol–water partition coefficient (Wildman–Crippen LogP) is 4.89. The fourth-order valence-corrected chi connectivity index (χ4v) is 4.11. The van der Waals surface area contributed by atoms with Crippen molar-refractivity contribution in [1.82, 2.24) is 9.47 Å². The highest BCUT2D eigenvalue weighted by atomic mass is 16.5. The molecule has 4 heteroatoms. The summed E-state index contributed by atoms with van der Waals surface area (Å²) in [4.78, 5) is 2.57. The Morgan fingerprint density at radius 1 is 0.964 bits per heavy atom. The molecule has 0 spiro atoms. The van der Waals surface area contributed by atoms with Gasteiger partial charge in [-0.3, -0.25) is 4.90 Å². The van der Waals surface area contributed by atoms with Crippen molar-refractivity contribution in [3.8, 4) is 11.5 Å². The van der Waals surface area contributed by atoms with Gasteiger partial charge in [-0.25, -0.2) is 0 Å². The average Bonchev–Trinajstić information content (AvgIpc) is 3.11. The molecule has 146 valence electrons. The molecule has 0 bridgehead atoms. The van der Waals surface area contributed by atoms with Crippen molar-refractivity contribution >= 4 is 0 Å². The highest BCUT2D eigenvalue weighted by Gasteiger charge is 2.27. The zero-order valence-electron chi connectivity index (χ0n) is 16.7. The number of nitrogens with zero attached hydrogens (tertiary/aromatic N) is 2. The van der Waals surface area contributed by atoms with E-state index in [1.807, 2.05) is 13.0 Å². The summed E-state index contributed by atoms with van der Waals surface area (Å²) in [5, 5.41) is 0. The third kappa shape index (κ3) is 3.92. The quantitative estimate of drug-likeness (QED) is 0.613. The summed E-state index contributed by atoms with van der Waals surface area (Å²) in [7, 11) is 1.72. The van der Waals surface area contributed by atoms with Gasteiger partial charge in [0.15, 0.2) is 0 Å². The van der Waals surface area contributed by atoms with E-state index in [0.29, 0.717) is 6.61 Å². The molecule has 28 heavy (non-hydrogen) atoms. The van der Waals surface area contributed by atoms with Gasteiger partial charge < -0.3 is 14.0 Å². The minimum Gasteiger partial charge on any atom is -0.497 e. The Bertz CT molecular complexity index is 901. The van der Waals surface area contributed by atoms with E-state index < -0.39 is 0 Å². The SMILES string of the molecule is CCOc1ccc(C2c3cccn3CCCN2Cc2cccc(OC)c2)cc1. The Kier molecular flexibility index (Phi) is 5.68. The van der Waals surface area contributed by atoms with Crippen LogP contribution >= 0.6 is 0 Å². The first-order valence-electron chi connectivity index (χ1n) is 10.0. The fourth-order valence-electron chi connectivity index (χ4n) is 4.11. The number of rotatable bonds is 6. The fraction of sp³-hybridized carbons (Fsp3) is 0.333. The number of aryl methyl sites for hydroxylation is 1. The second-order valence-corrected chi connectivity index (χ2v) is 7.21. The first kappa shape index (κ1) is 18.6. The molecular weight excluding hydrogens is 348 g/mol. The van der Waals surface area contributed by atoms with Gasteiger partial charge in [-0.1, -0.05) is 24.3 Å². The molecule has 2 aromatic carbocycles. The Morgan fingerprint density at radius 2 is 1.82 bits per heavy atom. The highest BCUT2D eigenvalue weighted by molar-refractivity contribution is 5.35. The molecule has 2 heterocycles. The molecule has 1 aliphatic heterocycles. The molecular formula is C24H28N2O2. The summed E-state index contributed by atoms with van der Waals surface area (Å²) >= 11 is 0. The Morgan fingerprint density at radius 3 is 2.61 bits per heavy atom. The molecule has 1 aliphatic rings. The van der Waals surface area contributed by atoms with Gasteiger partial charge in [0.1, 0.15) is 11.5 Å². The lowest BCUT2D eigenvalue weighted by Gasteiger charge is -2.31. The summed E-state index contributed by atoms with van der Waals surface area (Å²) < 4.78 is 13.5. The lowest BCUT2D eigenvalue weighted by Crippen LogP contribution is -2.29. The maximum atomic E-state index is 5.64. The molecule has 0 aliphatic carbocycles. The van der Waals surface area contributed by atoms with Gasteiger partial charge in [0, 0.05) is 31.5 Å². The molecule has 3 aromatic rings. The molecule has 1 atom stereocenters. The summed E-state index contributed by atoms with van der Waals surface area (Å²) in [5.41, 5.74) is 3.92. The van der Waals surface area contributed by atoms with Crippen LogP contribution in [0.25, 0.3) is 0 Å². The molecule has 0 radical (unpaired) electrons. The first-order valence-corrected chi connectivity index (χ1v) is 10.0. The van der Waals surface area contributed by atoms with Crippen LogP contribution in [0.1, 0.15) is 36.2 Å². The largest absolute Gasteiger partial charge is 0.497 e. The monoisotopic (exact) mass is 376 g/mol. The normalized spacial score (nSPS) is 17.0. The second kappa shape index (κ2) is 8.53. The average molecular weight is 377 g/mol. The van der Waals surface area contributed by atoms with E-state index in [-0.39, 0.29) is 6.04 Å². The van der Waals surface area contributed by atoms with Crippen LogP contribution in [0.3, 0.4) is 0 Å². The maximum Gasteiger partial charge on any atom is 0.119 e. The van der Waals surface area contributed by atoms with E-state index in [2.05, 4.69) is 70.3 Å². The van der Waals surface area contributed by atoms with E-state index in [0.717, 1.165) is 37.6 Å². The Balaban J connectivity index is 1.68. The topological polar surface area (TPSA) is 26.6 Å². The lowest BCUT2D eigenvalue weighted by molar-refractivity contribution is 0.220. The van der Waals surface area contributed by atoms with Gasteiger partial charge in [-0.2, -0.15) is 0 Å². The van der Waals surface area contributed by atoms with Gasteiger partial charge in [0.05, 0.1) is 19.8 Å². The molecule has 0 N–H and O–H groups in total.